The Morgan fingerprint density at radius 3 is 2.56 bits per heavy atom. The van der Waals surface area contributed by atoms with Gasteiger partial charge in [0.05, 0.1) is 7.11 Å². The number of nitrogens with zero attached hydrogens (tertiary/aromatic N) is 1. The molecule has 4 nitrogen and oxygen atoms in total. The molecule has 0 aromatic heterocycles. The first-order valence-electron chi connectivity index (χ1n) is 8.89. The number of hydrogen-bond donors (Lipinski definition) is 1. The van der Waals surface area contributed by atoms with E-state index in [2.05, 4.69) is 28.4 Å². The van der Waals surface area contributed by atoms with Gasteiger partial charge in [0.15, 0.2) is 0 Å². The molecule has 0 unspecified atom stereocenters. The van der Waals surface area contributed by atoms with Crippen molar-refractivity contribution in [3.8, 4) is 5.75 Å². The van der Waals surface area contributed by atoms with Crippen molar-refractivity contribution in [3.05, 3.63) is 64.7 Å². The average Bonchev–Trinajstić information content (AvgIpc) is 3.14. The maximum atomic E-state index is 12.5. The summed E-state index contributed by atoms with van der Waals surface area (Å²) in [5.41, 5.74) is 4.13. The Balaban J connectivity index is 1.66. The number of ether oxygens (including phenoxy) is 1. The van der Waals surface area contributed by atoms with Crippen molar-refractivity contribution in [1.82, 2.24) is 10.2 Å². The minimum atomic E-state index is -0.0747. The predicted molar refractivity (Wildman–Crippen MR) is 99.9 cm³/mol. The van der Waals surface area contributed by atoms with Crippen molar-refractivity contribution in [2.75, 3.05) is 20.2 Å². The van der Waals surface area contributed by atoms with E-state index in [1.54, 1.807) is 13.2 Å². The highest BCUT2D eigenvalue weighted by atomic mass is 16.5. The van der Waals surface area contributed by atoms with Crippen LogP contribution in [0.3, 0.4) is 0 Å². The van der Waals surface area contributed by atoms with Crippen molar-refractivity contribution >= 4 is 5.91 Å². The average molecular weight is 338 g/mol. The molecule has 1 fully saturated rings. The zero-order chi connectivity index (χ0) is 17.6. The fourth-order valence-electron chi connectivity index (χ4n) is 3.30. The topological polar surface area (TPSA) is 41.6 Å². The first-order valence-corrected chi connectivity index (χ1v) is 8.89. The molecule has 0 atom stereocenters. The van der Waals surface area contributed by atoms with Gasteiger partial charge in [-0.05, 0) is 61.7 Å². The molecule has 1 N–H and O–H groups in total. The van der Waals surface area contributed by atoms with Crippen molar-refractivity contribution in [2.24, 2.45) is 0 Å². The normalized spacial score (nSPS) is 14.5. The monoisotopic (exact) mass is 338 g/mol. The van der Waals surface area contributed by atoms with E-state index in [1.807, 2.05) is 25.1 Å². The highest BCUT2D eigenvalue weighted by Crippen LogP contribution is 2.19. The summed E-state index contributed by atoms with van der Waals surface area (Å²) in [5.74, 6) is 0.663. The molecule has 25 heavy (non-hydrogen) atoms. The first-order chi connectivity index (χ1) is 12.2. The molecular formula is C21H26N2O2. The number of carbonyl (C=O) groups is 1. The number of carbonyl (C=O) groups excluding carboxylic acids is 1. The summed E-state index contributed by atoms with van der Waals surface area (Å²) in [4.78, 5) is 15.0. The lowest BCUT2D eigenvalue weighted by Crippen LogP contribution is -2.25. The van der Waals surface area contributed by atoms with Crippen LogP contribution >= 0.6 is 0 Å². The van der Waals surface area contributed by atoms with E-state index in [9.17, 15) is 4.79 Å². The van der Waals surface area contributed by atoms with E-state index in [4.69, 9.17) is 4.74 Å². The third kappa shape index (κ3) is 4.40. The van der Waals surface area contributed by atoms with Crippen LogP contribution < -0.4 is 10.1 Å². The summed E-state index contributed by atoms with van der Waals surface area (Å²) >= 11 is 0. The van der Waals surface area contributed by atoms with Gasteiger partial charge in [0.2, 0.25) is 0 Å². The van der Waals surface area contributed by atoms with Crippen LogP contribution in [0.4, 0.5) is 0 Å². The molecule has 1 heterocycles. The van der Waals surface area contributed by atoms with Crippen molar-refractivity contribution in [1.29, 1.82) is 0 Å². The van der Waals surface area contributed by atoms with Crippen LogP contribution in [0.5, 0.6) is 5.75 Å². The Bertz CT molecular complexity index is 736. The second-order valence-corrected chi connectivity index (χ2v) is 6.62. The van der Waals surface area contributed by atoms with Gasteiger partial charge >= 0.3 is 0 Å². The Morgan fingerprint density at radius 2 is 1.84 bits per heavy atom. The summed E-state index contributed by atoms with van der Waals surface area (Å²) in [7, 11) is 1.62. The fourth-order valence-corrected chi connectivity index (χ4v) is 3.30. The molecule has 0 bridgehead atoms. The molecular weight excluding hydrogens is 312 g/mol. The van der Waals surface area contributed by atoms with Gasteiger partial charge in [0.25, 0.3) is 5.91 Å². The number of methoxy groups -OCH3 is 1. The van der Waals surface area contributed by atoms with Crippen molar-refractivity contribution < 1.29 is 9.53 Å². The van der Waals surface area contributed by atoms with Crippen LogP contribution in [-0.2, 0) is 13.1 Å². The molecule has 1 amide bonds. The van der Waals surface area contributed by atoms with E-state index in [1.165, 1.54) is 37.1 Å². The lowest BCUT2D eigenvalue weighted by Gasteiger charge is -2.18. The highest BCUT2D eigenvalue weighted by molar-refractivity contribution is 5.94. The minimum absolute atomic E-state index is 0.0747. The number of amides is 1. The third-order valence-corrected chi connectivity index (χ3v) is 4.82. The van der Waals surface area contributed by atoms with Gasteiger partial charge in [-0.25, -0.2) is 0 Å². The molecule has 2 aromatic rings. The maximum absolute atomic E-state index is 12.5. The molecule has 0 aliphatic carbocycles. The Hall–Kier alpha value is -2.33. The number of aryl methyl sites for hydroxylation is 1. The van der Waals surface area contributed by atoms with Crippen molar-refractivity contribution in [3.63, 3.8) is 0 Å². The second-order valence-electron chi connectivity index (χ2n) is 6.62. The number of hydrogen-bond acceptors (Lipinski definition) is 3. The molecule has 0 radical (unpaired) electrons. The predicted octanol–water partition coefficient (Wildman–Crippen LogP) is 3.53. The maximum Gasteiger partial charge on any atom is 0.251 e. The zero-order valence-corrected chi connectivity index (χ0v) is 15.0. The van der Waals surface area contributed by atoms with Gasteiger partial charge in [-0.1, -0.05) is 30.3 Å². The zero-order valence-electron chi connectivity index (χ0n) is 15.0. The van der Waals surface area contributed by atoms with Crippen LogP contribution in [0.1, 0.15) is 39.9 Å². The van der Waals surface area contributed by atoms with E-state index in [-0.39, 0.29) is 5.91 Å². The second kappa shape index (κ2) is 8.17. The summed E-state index contributed by atoms with van der Waals surface area (Å²) < 4.78 is 5.31. The van der Waals surface area contributed by atoms with E-state index in [0.29, 0.717) is 12.1 Å². The lowest BCUT2D eigenvalue weighted by molar-refractivity contribution is 0.0950. The minimum Gasteiger partial charge on any atom is -0.496 e. The Morgan fingerprint density at radius 1 is 1.12 bits per heavy atom. The summed E-state index contributed by atoms with van der Waals surface area (Å²) in [6.07, 6.45) is 2.57. The lowest BCUT2D eigenvalue weighted by atomic mass is 10.1. The standard InChI is InChI=1S/C21H26N2O2/c1-16-9-10-17(13-20(16)25-2)21(24)22-14-18-7-3-4-8-19(18)15-23-11-5-6-12-23/h3-4,7-10,13H,5-6,11-12,14-15H2,1-2H3,(H,22,24). The van der Waals surface area contributed by atoms with E-state index in [0.717, 1.165) is 17.9 Å². The van der Waals surface area contributed by atoms with Gasteiger partial charge in [0, 0.05) is 18.7 Å². The number of likely N-dealkylation sites (tertiary alicyclic amines) is 1. The molecule has 1 aliphatic rings. The third-order valence-electron chi connectivity index (χ3n) is 4.82. The van der Waals surface area contributed by atoms with Crippen LogP contribution in [0.2, 0.25) is 0 Å². The molecule has 1 aliphatic heterocycles. The summed E-state index contributed by atoms with van der Waals surface area (Å²) in [6.45, 7) is 5.81. The van der Waals surface area contributed by atoms with Crippen molar-refractivity contribution in [2.45, 2.75) is 32.9 Å². The number of nitrogens with one attached hydrogen (secondary N) is 1. The summed E-state index contributed by atoms with van der Waals surface area (Å²) in [5, 5.41) is 3.04. The number of benzene rings is 2. The molecule has 4 heteroatoms. The van der Waals surface area contributed by atoms with Gasteiger partial charge < -0.3 is 10.1 Å². The van der Waals surface area contributed by atoms with Crippen LogP contribution in [0.15, 0.2) is 42.5 Å². The van der Waals surface area contributed by atoms with Crippen LogP contribution in [-0.4, -0.2) is 31.0 Å². The Kier molecular flexibility index (Phi) is 5.71. The smallest absolute Gasteiger partial charge is 0.251 e. The highest BCUT2D eigenvalue weighted by Gasteiger charge is 2.14. The van der Waals surface area contributed by atoms with Crippen LogP contribution in [0, 0.1) is 6.92 Å². The molecule has 3 rings (SSSR count). The molecule has 0 saturated carbocycles. The number of rotatable bonds is 6. The van der Waals surface area contributed by atoms with Gasteiger partial charge in [-0.3, -0.25) is 9.69 Å². The Labute approximate surface area is 149 Å². The summed E-state index contributed by atoms with van der Waals surface area (Å²) in [6, 6.07) is 13.9. The van der Waals surface area contributed by atoms with E-state index < -0.39 is 0 Å². The quantitative estimate of drug-likeness (QED) is 0.876. The fraction of sp³-hybridized carbons (Fsp3) is 0.381. The van der Waals surface area contributed by atoms with E-state index >= 15 is 0 Å². The van der Waals surface area contributed by atoms with Crippen LogP contribution in [0.25, 0.3) is 0 Å². The van der Waals surface area contributed by atoms with Gasteiger partial charge in [-0.15, -0.1) is 0 Å². The molecule has 132 valence electrons. The van der Waals surface area contributed by atoms with Gasteiger partial charge in [-0.2, -0.15) is 0 Å². The molecule has 2 aromatic carbocycles. The molecule has 0 spiro atoms. The largest absolute Gasteiger partial charge is 0.496 e. The molecule has 1 saturated heterocycles. The first kappa shape index (κ1) is 17.5. The SMILES string of the molecule is COc1cc(C(=O)NCc2ccccc2CN2CCCC2)ccc1C. The van der Waals surface area contributed by atoms with Gasteiger partial charge in [0.1, 0.15) is 5.75 Å².